The summed E-state index contributed by atoms with van der Waals surface area (Å²) in [6.45, 7) is 2.32. The Morgan fingerprint density at radius 2 is 1.96 bits per heavy atom. The number of aryl methyl sites for hydroxylation is 1. The van der Waals surface area contributed by atoms with E-state index in [4.69, 9.17) is 0 Å². The molecule has 0 fully saturated rings. The number of amides is 1. The van der Waals surface area contributed by atoms with E-state index in [1.54, 1.807) is 11.0 Å². The Balaban J connectivity index is 1.43. The molecule has 0 spiro atoms. The molecule has 0 aliphatic carbocycles. The summed E-state index contributed by atoms with van der Waals surface area (Å²) < 4.78 is 1.66. The first-order valence-electron chi connectivity index (χ1n) is 8.82. The van der Waals surface area contributed by atoms with Crippen molar-refractivity contribution < 1.29 is 4.79 Å². The highest BCUT2D eigenvalue weighted by Crippen LogP contribution is 2.30. The lowest BCUT2D eigenvalue weighted by Gasteiger charge is -2.21. The van der Waals surface area contributed by atoms with Gasteiger partial charge in [0.15, 0.2) is 0 Å². The lowest BCUT2D eigenvalue weighted by atomic mass is 10.1. The SMILES string of the molecule is O=C(CCn1cncn1)Nc1ccccc1CN1CCc2ccccc21. The first kappa shape index (κ1) is 16.3. The number of nitrogens with one attached hydrogen (secondary N) is 1. The lowest BCUT2D eigenvalue weighted by Crippen LogP contribution is -2.22. The lowest BCUT2D eigenvalue weighted by molar-refractivity contribution is -0.116. The van der Waals surface area contributed by atoms with Crippen LogP contribution in [0.25, 0.3) is 0 Å². The van der Waals surface area contributed by atoms with Crippen molar-refractivity contribution in [2.75, 3.05) is 16.8 Å². The molecular weight excluding hydrogens is 326 g/mol. The van der Waals surface area contributed by atoms with Gasteiger partial charge in [-0.25, -0.2) is 4.98 Å². The van der Waals surface area contributed by atoms with Crippen molar-refractivity contribution in [3.63, 3.8) is 0 Å². The van der Waals surface area contributed by atoms with E-state index in [0.717, 1.165) is 30.8 Å². The zero-order valence-electron chi connectivity index (χ0n) is 14.5. The van der Waals surface area contributed by atoms with Gasteiger partial charge in [0.2, 0.25) is 5.91 Å². The van der Waals surface area contributed by atoms with Crippen molar-refractivity contribution in [2.45, 2.75) is 25.9 Å². The van der Waals surface area contributed by atoms with Crippen molar-refractivity contribution >= 4 is 17.3 Å². The van der Waals surface area contributed by atoms with E-state index in [1.807, 2.05) is 18.2 Å². The molecule has 0 unspecified atom stereocenters. The summed E-state index contributed by atoms with van der Waals surface area (Å²) in [5.74, 6) is -0.0187. The van der Waals surface area contributed by atoms with Crippen LogP contribution >= 0.6 is 0 Å². The highest BCUT2D eigenvalue weighted by atomic mass is 16.1. The van der Waals surface area contributed by atoms with Gasteiger partial charge in [-0.3, -0.25) is 9.48 Å². The fourth-order valence-electron chi connectivity index (χ4n) is 3.33. The minimum absolute atomic E-state index is 0.0187. The number of hydrogen-bond donors (Lipinski definition) is 1. The predicted octanol–water partition coefficient (Wildman–Crippen LogP) is 2.87. The fraction of sp³-hybridized carbons (Fsp3) is 0.250. The molecule has 26 heavy (non-hydrogen) atoms. The van der Waals surface area contributed by atoms with Crippen LogP contribution in [0.3, 0.4) is 0 Å². The maximum atomic E-state index is 12.3. The van der Waals surface area contributed by atoms with Gasteiger partial charge < -0.3 is 10.2 Å². The van der Waals surface area contributed by atoms with E-state index in [0.29, 0.717) is 13.0 Å². The monoisotopic (exact) mass is 347 g/mol. The van der Waals surface area contributed by atoms with Crippen LogP contribution in [0.4, 0.5) is 11.4 Å². The summed E-state index contributed by atoms with van der Waals surface area (Å²) in [6.07, 6.45) is 4.53. The maximum absolute atomic E-state index is 12.3. The van der Waals surface area contributed by atoms with Gasteiger partial charge in [0.25, 0.3) is 0 Å². The standard InChI is InChI=1S/C20H21N5O/c26-20(10-12-25-15-21-14-22-25)23-18-7-3-1-6-17(18)13-24-11-9-16-5-2-4-8-19(16)24/h1-8,14-15H,9-13H2,(H,23,26). The topological polar surface area (TPSA) is 63.1 Å². The molecule has 0 bridgehead atoms. The van der Waals surface area contributed by atoms with Crippen LogP contribution in [0.2, 0.25) is 0 Å². The molecule has 132 valence electrons. The number of benzene rings is 2. The van der Waals surface area contributed by atoms with Gasteiger partial charge in [0.05, 0.1) is 6.54 Å². The van der Waals surface area contributed by atoms with Crippen molar-refractivity contribution in [1.82, 2.24) is 14.8 Å². The van der Waals surface area contributed by atoms with Crippen LogP contribution in [0.1, 0.15) is 17.5 Å². The molecule has 1 aliphatic heterocycles. The molecular formula is C20H21N5O. The Bertz CT molecular complexity index is 891. The molecule has 1 aromatic heterocycles. The van der Waals surface area contributed by atoms with Gasteiger partial charge >= 0.3 is 0 Å². The Hall–Kier alpha value is -3.15. The molecule has 0 saturated heterocycles. The summed E-state index contributed by atoms with van der Waals surface area (Å²) in [5.41, 5.74) is 4.68. The predicted molar refractivity (Wildman–Crippen MR) is 101 cm³/mol. The van der Waals surface area contributed by atoms with Gasteiger partial charge in [0, 0.05) is 30.9 Å². The molecule has 6 nitrogen and oxygen atoms in total. The van der Waals surface area contributed by atoms with E-state index in [1.165, 1.54) is 17.6 Å². The van der Waals surface area contributed by atoms with Gasteiger partial charge in [-0.15, -0.1) is 0 Å². The summed E-state index contributed by atoms with van der Waals surface area (Å²) in [7, 11) is 0. The Morgan fingerprint density at radius 3 is 2.85 bits per heavy atom. The number of hydrogen-bond acceptors (Lipinski definition) is 4. The first-order chi connectivity index (χ1) is 12.8. The van der Waals surface area contributed by atoms with Crippen LogP contribution in [-0.2, 0) is 24.3 Å². The number of nitrogens with zero attached hydrogens (tertiary/aromatic N) is 4. The molecule has 6 heteroatoms. The number of rotatable bonds is 6. The largest absolute Gasteiger partial charge is 0.367 e. The zero-order valence-corrected chi connectivity index (χ0v) is 14.5. The molecule has 1 aliphatic rings. The summed E-state index contributed by atoms with van der Waals surface area (Å²) >= 11 is 0. The van der Waals surface area contributed by atoms with Crippen LogP contribution in [-0.4, -0.2) is 27.2 Å². The third-order valence-electron chi connectivity index (χ3n) is 4.67. The highest BCUT2D eigenvalue weighted by molar-refractivity contribution is 5.91. The minimum atomic E-state index is -0.0187. The summed E-state index contributed by atoms with van der Waals surface area (Å²) in [6, 6.07) is 16.5. The summed E-state index contributed by atoms with van der Waals surface area (Å²) in [5, 5.41) is 7.07. The molecule has 2 heterocycles. The van der Waals surface area contributed by atoms with Gasteiger partial charge in [-0.1, -0.05) is 36.4 Å². The molecule has 2 aromatic carbocycles. The molecule has 1 N–H and O–H groups in total. The average molecular weight is 347 g/mol. The van der Waals surface area contributed by atoms with Gasteiger partial charge in [0.1, 0.15) is 12.7 Å². The molecule has 0 saturated carbocycles. The normalized spacial score (nSPS) is 12.8. The number of anilines is 2. The highest BCUT2D eigenvalue weighted by Gasteiger charge is 2.19. The molecule has 4 rings (SSSR count). The van der Waals surface area contributed by atoms with E-state index in [-0.39, 0.29) is 5.91 Å². The van der Waals surface area contributed by atoms with E-state index >= 15 is 0 Å². The minimum Gasteiger partial charge on any atom is -0.367 e. The first-order valence-corrected chi connectivity index (χ1v) is 8.82. The Kier molecular flexibility index (Phi) is 4.64. The third-order valence-corrected chi connectivity index (χ3v) is 4.67. The molecule has 1 amide bonds. The number of para-hydroxylation sites is 2. The van der Waals surface area contributed by atoms with Crippen molar-refractivity contribution in [2.24, 2.45) is 0 Å². The van der Waals surface area contributed by atoms with Crippen molar-refractivity contribution in [3.8, 4) is 0 Å². The van der Waals surface area contributed by atoms with E-state index < -0.39 is 0 Å². The van der Waals surface area contributed by atoms with Gasteiger partial charge in [-0.05, 0) is 29.7 Å². The van der Waals surface area contributed by atoms with E-state index in [9.17, 15) is 4.79 Å². The second-order valence-electron chi connectivity index (χ2n) is 6.41. The van der Waals surface area contributed by atoms with Gasteiger partial charge in [-0.2, -0.15) is 5.10 Å². The smallest absolute Gasteiger partial charge is 0.226 e. The number of fused-ring (bicyclic) bond motifs is 1. The number of aromatic nitrogens is 3. The molecule has 3 aromatic rings. The fourth-order valence-corrected chi connectivity index (χ4v) is 3.33. The van der Waals surface area contributed by atoms with Crippen molar-refractivity contribution in [3.05, 3.63) is 72.3 Å². The van der Waals surface area contributed by atoms with Crippen LogP contribution in [0, 0.1) is 0 Å². The quantitative estimate of drug-likeness (QED) is 0.745. The number of carbonyl (C=O) groups is 1. The van der Waals surface area contributed by atoms with Crippen LogP contribution in [0.5, 0.6) is 0 Å². The number of carbonyl (C=O) groups excluding carboxylic acids is 1. The van der Waals surface area contributed by atoms with Crippen LogP contribution < -0.4 is 10.2 Å². The Morgan fingerprint density at radius 1 is 1.12 bits per heavy atom. The van der Waals surface area contributed by atoms with E-state index in [2.05, 4.69) is 50.6 Å². The average Bonchev–Trinajstić information content (AvgIpc) is 3.32. The Labute approximate surface area is 152 Å². The van der Waals surface area contributed by atoms with Crippen LogP contribution in [0.15, 0.2) is 61.2 Å². The van der Waals surface area contributed by atoms with Crippen molar-refractivity contribution in [1.29, 1.82) is 0 Å². The second kappa shape index (κ2) is 7.39. The zero-order chi connectivity index (χ0) is 17.8. The molecule has 0 radical (unpaired) electrons. The maximum Gasteiger partial charge on any atom is 0.226 e. The second-order valence-corrected chi connectivity index (χ2v) is 6.41. The summed E-state index contributed by atoms with van der Waals surface area (Å²) in [4.78, 5) is 18.6. The molecule has 0 atom stereocenters. The third kappa shape index (κ3) is 3.59.